The predicted molar refractivity (Wildman–Crippen MR) is 89.3 cm³/mol. The van der Waals surface area contributed by atoms with Gasteiger partial charge in [-0.1, -0.05) is 41.5 Å². The van der Waals surface area contributed by atoms with E-state index in [2.05, 4.69) is 26.2 Å². The van der Waals surface area contributed by atoms with Crippen molar-refractivity contribution in [3.63, 3.8) is 0 Å². The summed E-state index contributed by atoms with van der Waals surface area (Å²) in [6.45, 7) is 0. The van der Waals surface area contributed by atoms with Crippen LogP contribution in [0, 0.1) is 6.07 Å². The third-order valence-corrected chi connectivity index (χ3v) is 3.05. The molecule has 4 aromatic rings. The van der Waals surface area contributed by atoms with Crippen molar-refractivity contribution in [2.45, 2.75) is 0 Å². The molecule has 3 heterocycles. The van der Waals surface area contributed by atoms with Crippen molar-refractivity contribution in [3.05, 3.63) is 91.5 Å². The summed E-state index contributed by atoms with van der Waals surface area (Å²) in [5.41, 5.74) is 3.82. The maximum Gasteiger partial charge on any atom is 2.00 e. The van der Waals surface area contributed by atoms with Crippen LogP contribution in [-0.4, -0.2) is 15.1 Å². The summed E-state index contributed by atoms with van der Waals surface area (Å²) < 4.78 is 0. The van der Waals surface area contributed by atoms with Crippen molar-refractivity contribution in [3.8, 4) is 22.5 Å². The first-order valence-electron chi connectivity index (χ1n) is 7.17. The van der Waals surface area contributed by atoms with E-state index in [1.165, 1.54) is 0 Å². The van der Waals surface area contributed by atoms with Gasteiger partial charge in [0.25, 0.3) is 0 Å². The van der Waals surface area contributed by atoms with E-state index in [4.69, 9.17) is 0 Å². The minimum Gasteiger partial charge on any atom is -0.582 e. The van der Waals surface area contributed by atoms with Crippen LogP contribution in [0.1, 0.15) is 0 Å². The molecule has 4 nitrogen and oxygen atoms in total. The molecular formula is C19H14N4Pt. The fourth-order valence-electron chi connectivity index (χ4n) is 2.00. The summed E-state index contributed by atoms with van der Waals surface area (Å²) in [5.74, 6) is 0. The van der Waals surface area contributed by atoms with Crippen LogP contribution in [0.4, 0.5) is 0 Å². The molecule has 1 aromatic carbocycles. The Labute approximate surface area is 155 Å². The van der Waals surface area contributed by atoms with Crippen LogP contribution >= 0.6 is 0 Å². The van der Waals surface area contributed by atoms with Gasteiger partial charge in [0.2, 0.25) is 0 Å². The topological polar surface area (TPSA) is 52.8 Å². The second-order valence-corrected chi connectivity index (χ2v) is 4.63. The van der Waals surface area contributed by atoms with E-state index in [-0.39, 0.29) is 21.1 Å². The Hall–Kier alpha value is -2.58. The molecule has 0 aliphatic carbocycles. The average molecular weight is 493 g/mol. The molecule has 4 rings (SSSR count). The number of hydrogen-bond acceptors (Lipinski definition) is 3. The van der Waals surface area contributed by atoms with Crippen molar-refractivity contribution in [1.82, 2.24) is 20.2 Å². The molecule has 0 saturated carbocycles. The molecule has 0 aliphatic rings. The van der Waals surface area contributed by atoms with Crippen LogP contribution in [0.5, 0.6) is 0 Å². The zero-order valence-corrected chi connectivity index (χ0v) is 15.0. The van der Waals surface area contributed by atoms with E-state index in [1.807, 2.05) is 54.6 Å². The quantitative estimate of drug-likeness (QED) is 0.400. The zero-order valence-electron chi connectivity index (χ0n) is 12.7. The van der Waals surface area contributed by atoms with E-state index in [1.54, 1.807) is 30.9 Å². The van der Waals surface area contributed by atoms with Gasteiger partial charge in [0.1, 0.15) is 0 Å². The first kappa shape index (κ1) is 17.8. The Morgan fingerprint density at radius 2 is 1.29 bits per heavy atom. The SMILES string of the molecule is [Pt+2].[c-]1c(-c2ccccn2)cccc1-c1ccccn1.c1cn[n-]c1. The van der Waals surface area contributed by atoms with Crippen molar-refractivity contribution in [2.75, 3.05) is 0 Å². The summed E-state index contributed by atoms with van der Waals surface area (Å²) in [7, 11) is 0. The van der Waals surface area contributed by atoms with Gasteiger partial charge in [-0.15, -0.1) is 24.3 Å². The molecule has 24 heavy (non-hydrogen) atoms. The van der Waals surface area contributed by atoms with Gasteiger partial charge < -0.3 is 10.2 Å². The summed E-state index contributed by atoms with van der Waals surface area (Å²) in [6, 6.07) is 22.9. The van der Waals surface area contributed by atoms with Crippen molar-refractivity contribution in [1.29, 1.82) is 0 Å². The standard InChI is InChI=1S/C16H11N2.C3H3N2.Pt/c1-3-10-17-15(8-1)13-6-5-7-14(12-13)16-9-2-4-11-18-16;1-2-4-5-3-1;/h1-11H;1-3H;/q2*-1;+2. The van der Waals surface area contributed by atoms with Crippen LogP contribution in [-0.2, 0) is 21.1 Å². The molecule has 0 N–H and O–H groups in total. The number of hydrogen-bond donors (Lipinski definition) is 0. The molecule has 5 heteroatoms. The molecule has 0 radical (unpaired) electrons. The monoisotopic (exact) mass is 493 g/mol. The van der Waals surface area contributed by atoms with Crippen LogP contribution < -0.4 is 5.10 Å². The summed E-state index contributed by atoms with van der Waals surface area (Å²) in [5, 5.41) is 6.94. The van der Waals surface area contributed by atoms with Crippen LogP contribution in [0.25, 0.3) is 22.5 Å². The van der Waals surface area contributed by atoms with Gasteiger partial charge in [0, 0.05) is 30.0 Å². The van der Waals surface area contributed by atoms with Gasteiger partial charge in [-0.2, -0.15) is 6.20 Å². The largest absolute Gasteiger partial charge is 2.00 e. The Kier molecular flexibility index (Phi) is 7.06. The van der Waals surface area contributed by atoms with Gasteiger partial charge in [-0.3, -0.25) is 9.97 Å². The molecule has 120 valence electrons. The fourth-order valence-corrected chi connectivity index (χ4v) is 2.00. The van der Waals surface area contributed by atoms with Gasteiger partial charge in [0.05, 0.1) is 0 Å². The molecule has 0 saturated heterocycles. The van der Waals surface area contributed by atoms with E-state index in [0.717, 1.165) is 22.5 Å². The van der Waals surface area contributed by atoms with E-state index in [0.29, 0.717) is 0 Å². The molecule has 3 aromatic heterocycles. The number of rotatable bonds is 2. The number of pyridine rings is 2. The third-order valence-electron chi connectivity index (χ3n) is 3.05. The second-order valence-electron chi connectivity index (χ2n) is 4.63. The Morgan fingerprint density at radius 3 is 1.67 bits per heavy atom. The van der Waals surface area contributed by atoms with Crippen molar-refractivity contribution >= 4 is 0 Å². The molecule has 0 amide bonds. The second kappa shape index (κ2) is 9.53. The summed E-state index contributed by atoms with van der Waals surface area (Å²) in [6.07, 6.45) is 6.85. The maximum atomic E-state index is 4.33. The minimum absolute atomic E-state index is 0. The molecular weight excluding hydrogens is 479 g/mol. The zero-order chi connectivity index (χ0) is 15.7. The van der Waals surface area contributed by atoms with E-state index < -0.39 is 0 Å². The molecule has 0 bridgehead atoms. The number of aromatic nitrogens is 4. The number of nitrogens with zero attached hydrogens (tertiary/aromatic N) is 4. The number of benzene rings is 1. The van der Waals surface area contributed by atoms with Gasteiger partial charge >= 0.3 is 21.1 Å². The Balaban J connectivity index is 0.000000300. The van der Waals surface area contributed by atoms with E-state index >= 15 is 0 Å². The first-order chi connectivity index (χ1) is 11.4. The third kappa shape index (κ3) is 4.97. The predicted octanol–water partition coefficient (Wildman–Crippen LogP) is 3.65. The Bertz CT molecular complexity index is 746. The van der Waals surface area contributed by atoms with Crippen molar-refractivity contribution < 1.29 is 21.1 Å². The summed E-state index contributed by atoms with van der Waals surface area (Å²) in [4.78, 5) is 8.66. The Morgan fingerprint density at radius 1 is 0.667 bits per heavy atom. The summed E-state index contributed by atoms with van der Waals surface area (Å²) >= 11 is 0. The normalized spacial score (nSPS) is 9.33. The van der Waals surface area contributed by atoms with Gasteiger partial charge in [-0.25, -0.2) is 0 Å². The molecule has 0 aliphatic heterocycles. The molecule has 0 atom stereocenters. The van der Waals surface area contributed by atoms with Gasteiger partial charge in [-0.05, 0) is 12.1 Å². The first-order valence-corrected chi connectivity index (χ1v) is 7.17. The maximum absolute atomic E-state index is 4.33. The fraction of sp³-hybridized carbons (Fsp3) is 0. The average Bonchev–Trinajstić information content (AvgIpc) is 3.23. The van der Waals surface area contributed by atoms with Gasteiger partial charge in [0.15, 0.2) is 0 Å². The molecule has 0 fully saturated rings. The van der Waals surface area contributed by atoms with Crippen LogP contribution in [0.3, 0.4) is 0 Å². The minimum atomic E-state index is 0. The van der Waals surface area contributed by atoms with Crippen molar-refractivity contribution in [2.24, 2.45) is 0 Å². The van der Waals surface area contributed by atoms with Crippen LogP contribution in [0.15, 0.2) is 85.5 Å². The molecule has 0 spiro atoms. The smallest absolute Gasteiger partial charge is 0.582 e. The molecule has 0 unspecified atom stereocenters. The van der Waals surface area contributed by atoms with E-state index in [9.17, 15) is 0 Å². The van der Waals surface area contributed by atoms with Crippen LogP contribution in [0.2, 0.25) is 0 Å².